The number of hydrogen-bond donors (Lipinski definition) is 0. The minimum absolute atomic E-state index is 0.0272. The van der Waals surface area contributed by atoms with Crippen molar-refractivity contribution in [2.24, 2.45) is 7.05 Å². The zero-order chi connectivity index (χ0) is 21.4. The molecule has 0 saturated carbocycles. The van der Waals surface area contributed by atoms with Gasteiger partial charge >= 0.3 is 0 Å². The van der Waals surface area contributed by atoms with Gasteiger partial charge in [0.05, 0.1) is 38.1 Å². The minimum atomic E-state index is -0.396. The standard InChI is InChI=1S/C21H23N5O4S/c1-24-12-14(11-23-24)20(27)26-7-10-30-16(13-26)17-15-3-2-4-22-19(15)31-18(17)21(28)25-5-8-29-9-6-25/h2-4,11-12,16H,5-10,13H2,1H3/t16-/m0/s1. The predicted molar refractivity (Wildman–Crippen MR) is 114 cm³/mol. The molecule has 9 nitrogen and oxygen atoms in total. The van der Waals surface area contributed by atoms with Crippen molar-refractivity contribution in [1.82, 2.24) is 24.6 Å². The molecule has 0 N–H and O–H groups in total. The summed E-state index contributed by atoms with van der Waals surface area (Å²) in [4.78, 5) is 35.8. The lowest BCUT2D eigenvalue weighted by Gasteiger charge is -2.34. The molecule has 10 heteroatoms. The van der Waals surface area contributed by atoms with E-state index in [1.165, 1.54) is 11.3 Å². The van der Waals surface area contributed by atoms with Crippen LogP contribution in [-0.4, -0.2) is 82.4 Å². The van der Waals surface area contributed by atoms with Gasteiger partial charge in [-0.15, -0.1) is 11.3 Å². The van der Waals surface area contributed by atoms with E-state index in [1.807, 2.05) is 17.0 Å². The van der Waals surface area contributed by atoms with Crippen molar-refractivity contribution in [3.8, 4) is 0 Å². The highest BCUT2D eigenvalue weighted by molar-refractivity contribution is 7.20. The largest absolute Gasteiger partial charge is 0.378 e. The van der Waals surface area contributed by atoms with Crippen molar-refractivity contribution in [3.05, 3.63) is 46.7 Å². The van der Waals surface area contributed by atoms with Gasteiger partial charge in [-0.25, -0.2) is 4.98 Å². The maximum atomic E-state index is 13.4. The second kappa shape index (κ2) is 8.37. The summed E-state index contributed by atoms with van der Waals surface area (Å²) in [6.07, 6.45) is 4.62. The van der Waals surface area contributed by atoms with Gasteiger partial charge in [0, 0.05) is 50.0 Å². The summed E-state index contributed by atoms with van der Waals surface area (Å²) in [5.74, 6) is -0.110. The lowest BCUT2D eigenvalue weighted by atomic mass is 10.0. The van der Waals surface area contributed by atoms with Crippen molar-refractivity contribution in [3.63, 3.8) is 0 Å². The smallest absolute Gasteiger partial charge is 0.264 e. The van der Waals surface area contributed by atoms with Crippen LogP contribution in [0.2, 0.25) is 0 Å². The first kappa shape index (κ1) is 20.1. The molecule has 2 saturated heterocycles. The summed E-state index contributed by atoms with van der Waals surface area (Å²) < 4.78 is 13.1. The average molecular weight is 442 g/mol. The molecule has 0 radical (unpaired) electrons. The van der Waals surface area contributed by atoms with Gasteiger partial charge in [0.25, 0.3) is 11.8 Å². The van der Waals surface area contributed by atoms with Crippen molar-refractivity contribution in [2.45, 2.75) is 6.10 Å². The highest BCUT2D eigenvalue weighted by Gasteiger charge is 2.34. The number of aromatic nitrogens is 3. The molecule has 1 atom stereocenters. The van der Waals surface area contributed by atoms with E-state index in [0.29, 0.717) is 56.4 Å². The molecule has 5 rings (SSSR count). The number of amides is 2. The van der Waals surface area contributed by atoms with Crippen LogP contribution in [0.15, 0.2) is 30.7 Å². The van der Waals surface area contributed by atoms with Crippen LogP contribution in [0.4, 0.5) is 0 Å². The first-order valence-electron chi connectivity index (χ1n) is 10.3. The molecule has 0 bridgehead atoms. The first-order chi connectivity index (χ1) is 15.1. The second-order valence-corrected chi connectivity index (χ2v) is 8.62. The van der Waals surface area contributed by atoms with Crippen molar-refractivity contribution < 1.29 is 19.1 Å². The Hall–Kier alpha value is -2.82. The normalized spacial score (nSPS) is 19.7. The van der Waals surface area contributed by atoms with Gasteiger partial charge in [-0.1, -0.05) is 6.07 Å². The molecular formula is C21H23N5O4S. The molecular weight excluding hydrogens is 418 g/mol. The Bertz CT molecular complexity index is 1120. The highest BCUT2D eigenvalue weighted by atomic mass is 32.1. The van der Waals surface area contributed by atoms with E-state index in [-0.39, 0.29) is 11.8 Å². The van der Waals surface area contributed by atoms with E-state index >= 15 is 0 Å². The number of carbonyl (C=O) groups is 2. The Labute approximate surface area is 183 Å². The first-order valence-corrected chi connectivity index (χ1v) is 11.1. The van der Waals surface area contributed by atoms with E-state index < -0.39 is 6.10 Å². The van der Waals surface area contributed by atoms with Gasteiger partial charge in [0.15, 0.2) is 0 Å². The van der Waals surface area contributed by atoms with Gasteiger partial charge in [-0.2, -0.15) is 5.10 Å². The summed E-state index contributed by atoms with van der Waals surface area (Å²) >= 11 is 1.39. The fourth-order valence-electron chi connectivity index (χ4n) is 4.06. The Morgan fingerprint density at radius 1 is 1.13 bits per heavy atom. The Morgan fingerprint density at radius 3 is 2.71 bits per heavy atom. The summed E-state index contributed by atoms with van der Waals surface area (Å²) in [6, 6.07) is 3.83. The number of nitrogens with zero attached hydrogens (tertiary/aromatic N) is 5. The molecule has 0 spiro atoms. The monoisotopic (exact) mass is 441 g/mol. The van der Waals surface area contributed by atoms with Crippen molar-refractivity contribution >= 4 is 33.4 Å². The molecule has 2 aliphatic heterocycles. The van der Waals surface area contributed by atoms with Crippen LogP contribution in [0.1, 0.15) is 31.7 Å². The summed E-state index contributed by atoms with van der Waals surface area (Å²) in [6.45, 7) is 3.48. The van der Waals surface area contributed by atoms with Gasteiger partial charge in [0.1, 0.15) is 15.8 Å². The van der Waals surface area contributed by atoms with E-state index in [9.17, 15) is 9.59 Å². The van der Waals surface area contributed by atoms with Crippen LogP contribution in [0, 0.1) is 0 Å². The van der Waals surface area contributed by atoms with Crippen LogP contribution >= 0.6 is 11.3 Å². The number of rotatable bonds is 3. The number of morpholine rings is 2. The Morgan fingerprint density at radius 2 is 1.94 bits per heavy atom. The van der Waals surface area contributed by atoms with Gasteiger partial charge in [0.2, 0.25) is 0 Å². The zero-order valence-corrected chi connectivity index (χ0v) is 18.0. The lowest BCUT2D eigenvalue weighted by molar-refractivity contribution is -0.0225. The molecule has 0 aromatic carbocycles. The molecule has 2 aliphatic rings. The van der Waals surface area contributed by atoms with E-state index in [1.54, 1.807) is 35.2 Å². The molecule has 2 fully saturated rings. The zero-order valence-electron chi connectivity index (χ0n) is 17.2. The van der Waals surface area contributed by atoms with Crippen molar-refractivity contribution in [1.29, 1.82) is 0 Å². The third kappa shape index (κ3) is 3.82. The molecule has 3 aromatic heterocycles. The van der Waals surface area contributed by atoms with Crippen LogP contribution in [0.5, 0.6) is 0 Å². The third-order valence-electron chi connectivity index (χ3n) is 5.62. The summed E-state index contributed by atoms with van der Waals surface area (Å²) in [5, 5.41) is 5.01. The van der Waals surface area contributed by atoms with E-state index in [2.05, 4.69) is 10.1 Å². The van der Waals surface area contributed by atoms with Gasteiger partial charge in [-0.05, 0) is 6.07 Å². The summed E-state index contributed by atoms with van der Waals surface area (Å²) in [7, 11) is 1.78. The van der Waals surface area contributed by atoms with Crippen molar-refractivity contribution in [2.75, 3.05) is 46.0 Å². The third-order valence-corrected chi connectivity index (χ3v) is 6.74. The molecule has 2 amide bonds. The van der Waals surface area contributed by atoms with Crippen LogP contribution in [0.25, 0.3) is 10.2 Å². The van der Waals surface area contributed by atoms with Crippen LogP contribution < -0.4 is 0 Å². The lowest BCUT2D eigenvalue weighted by Crippen LogP contribution is -2.43. The van der Waals surface area contributed by atoms with E-state index in [0.717, 1.165) is 15.8 Å². The number of thiophene rings is 1. The fourth-order valence-corrected chi connectivity index (χ4v) is 5.22. The number of carbonyl (C=O) groups excluding carboxylic acids is 2. The molecule has 0 aliphatic carbocycles. The number of pyridine rings is 1. The highest BCUT2D eigenvalue weighted by Crippen LogP contribution is 2.38. The SMILES string of the molecule is Cn1cc(C(=O)N2CCO[C@H](c3c(C(=O)N4CCOCC4)sc4ncccc34)C2)cn1. The molecule has 5 heterocycles. The quantitative estimate of drug-likeness (QED) is 0.615. The van der Waals surface area contributed by atoms with E-state index in [4.69, 9.17) is 9.47 Å². The van der Waals surface area contributed by atoms with Crippen LogP contribution in [0.3, 0.4) is 0 Å². The number of ether oxygens (including phenoxy) is 2. The second-order valence-electron chi connectivity index (χ2n) is 7.62. The fraction of sp³-hybridized carbons (Fsp3) is 0.429. The van der Waals surface area contributed by atoms with Crippen LogP contribution in [-0.2, 0) is 16.5 Å². The summed E-state index contributed by atoms with van der Waals surface area (Å²) in [5.41, 5.74) is 1.37. The van der Waals surface area contributed by atoms with Gasteiger partial charge in [-0.3, -0.25) is 14.3 Å². The molecule has 162 valence electrons. The minimum Gasteiger partial charge on any atom is -0.378 e. The average Bonchev–Trinajstić information content (AvgIpc) is 3.42. The maximum absolute atomic E-state index is 13.4. The number of aryl methyl sites for hydroxylation is 1. The molecule has 3 aromatic rings. The topological polar surface area (TPSA) is 89.8 Å². The molecule has 0 unspecified atom stereocenters. The Balaban J connectivity index is 1.48. The molecule has 31 heavy (non-hydrogen) atoms. The van der Waals surface area contributed by atoms with Gasteiger partial charge < -0.3 is 19.3 Å². The predicted octanol–water partition coefficient (Wildman–Crippen LogP) is 1.72. The number of hydrogen-bond acceptors (Lipinski definition) is 7. The number of fused-ring (bicyclic) bond motifs is 1. The maximum Gasteiger partial charge on any atom is 0.264 e. The Kier molecular flexibility index (Phi) is 5.43.